The van der Waals surface area contributed by atoms with E-state index in [1.165, 1.54) is 12.4 Å². The Kier molecular flexibility index (Phi) is 1.27. The fourth-order valence-corrected chi connectivity index (χ4v) is 1.19. The molecule has 0 aliphatic carbocycles. The minimum atomic E-state index is -0.340. The number of hydrogen-bond donors (Lipinski definition) is 0. The van der Waals surface area contributed by atoms with Crippen LogP contribution in [0.4, 0.5) is 4.39 Å². The zero-order valence-corrected chi connectivity index (χ0v) is 6.11. The molecule has 11 heavy (non-hydrogen) atoms. The second-order valence-corrected chi connectivity index (χ2v) is 2.71. The third-order valence-electron chi connectivity index (χ3n) is 1.78. The van der Waals surface area contributed by atoms with Crippen molar-refractivity contribution in [1.82, 2.24) is 5.01 Å². The van der Waals surface area contributed by atoms with Crippen LogP contribution < -0.4 is 0 Å². The Hall–Kier alpha value is -1.19. The van der Waals surface area contributed by atoms with Crippen LogP contribution in [0.3, 0.4) is 0 Å². The van der Waals surface area contributed by atoms with Gasteiger partial charge in [-0.3, -0.25) is 4.99 Å². The lowest BCUT2D eigenvalue weighted by Gasteiger charge is -2.21. The molecule has 2 aliphatic rings. The third kappa shape index (κ3) is 0.943. The molecule has 2 unspecified atom stereocenters. The molecular weight excluding hydrogens is 145 g/mol. The lowest BCUT2D eigenvalue weighted by Crippen LogP contribution is -2.27. The fourth-order valence-electron chi connectivity index (χ4n) is 1.19. The van der Waals surface area contributed by atoms with E-state index in [0.29, 0.717) is 0 Å². The Morgan fingerprint density at radius 1 is 1.64 bits per heavy atom. The predicted octanol–water partition coefficient (Wildman–Crippen LogP) is 1.15. The number of halogens is 1. The molecule has 0 radical (unpaired) electrons. The van der Waals surface area contributed by atoms with Crippen molar-refractivity contribution in [2.45, 2.75) is 13.1 Å². The highest BCUT2D eigenvalue weighted by Crippen LogP contribution is 2.22. The van der Waals surface area contributed by atoms with E-state index < -0.39 is 0 Å². The van der Waals surface area contributed by atoms with Crippen molar-refractivity contribution in [3.05, 3.63) is 12.0 Å². The summed E-state index contributed by atoms with van der Waals surface area (Å²) in [5, 5.41) is 5.51. The molecule has 0 aromatic carbocycles. The largest absolute Gasteiger partial charge is 0.263 e. The van der Waals surface area contributed by atoms with Gasteiger partial charge in [-0.2, -0.15) is 5.10 Å². The van der Waals surface area contributed by atoms with Gasteiger partial charge in [-0.25, -0.2) is 9.40 Å². The predicted molar refractivity (Wildman–Crippen MR) is 41.0 cm³/mol. The van der Waals surface area contributed by atoms with Gasteiger partial charge in [-0.05, 0) is 0 Å². The van der Waals surface area contributed by atoms with E-state index in [2.05, 4.69) is 10.1 Å². The molecule has 0 aromatic rings. The Morgan fingerprint density at radius 3 is 3.27 bits per heavy atom. The molecule has 2 aliphatic heterocycles. The summed E-state index contributed by atoms with van der Waals surface area (Å²) >= 11 is 0. The molecule has 0 N–H and O–H groups in total. The Balaban J connectivity index is 2.26. The summed E-state index contributed by atoms with van der Waals surface area (Å²) in [7, 11) is 0. The second kappa shape index (κ2) is 2.15. The maximum atomic E-state index is 12.5. The van der Waals surface area contributed by atoms with Crippen molar-refractivity contribution in [3.8, 4) is 0 Å². The molecule has 0 amide bonds. The summed E-state index contributed by atoms with van der Waals surface area (Å²) in [6.45, 7) is 2.00. The van der Waals surface area contributed by atoms with Crippen LogP contribution in [0.1, 0.15) is 6.92 Å². The van der Waals surface area contributed by atoms with Gasteiger partial charge in [-0.15, -0.1) is 0 Å². The van der Waals surface area contributed by atoms with Gasteiger partial charge in [-0.1, -0.05) is 6.92 Å². The summed E-state index contributed by atoms with van der Waals surface area (Å²) < 4.78 is 12.5. The number of nitrogens with zero attached hydrogens (tertiary/aromatic N) is 3. The maximum Gasteiger partial charge on any atom is 0.159 e. The lowest BCUT2D eigenvalue weighted by atomic mass is 10.1. The number of allylic oxidation sites excluding steroid dienone is 1. The standard InChI is InChI=1S/C7H8FN3/c1-5-2-10-11-4-6(8)3-9-7(5)11/h2-5,7H,1H3. The summed E-state index contributed by atoms with van der Waals surface area (Å²) in [6, 6.07) is 0. The second-order valence-electron chi connectivity index (χ2n) is 2.71. The zero-order valence-electron chi connectivity index (χ0n) is 6.11. The Morgan fingerprint density at radius 2 is 2.45 bits per heavy atom. The van der Waals surface area contributed by atoms with Crippen LogP contribution in [-0.2, 0) is 0 Å². The number of hydrazone groups is 1. The maximum absolute atomic E-state index is 12.5. The van der Waals surface area contributed by atoms with Gasteiger partial charge in [0, 0.05) is 12.1 Å². The molecule has 0 saturated heterocycles. The molecule has 0 saturated carbocycles. The number of fused-ring (bicyclic) bond motifs is 1. The summed E-state index contributed by atoms with van der Waals surface area (Å²) in [4.78, 5) is 3.99. The first kappa shape index (κ1) is 6.52. The van der Waals surface area contributed by atoms with Crippen LogP contribution >= 0.6 is 0 Å². The van der Waals surface area contributed by atoms with Gasteiger partial charge in [0.15, 0.2) is 5.83 Å². The minimum absolute atomic E-state index is 0.0190. The van der Waals surface area contributed by atoms with Crippen LogP contribution in [0.5, 0.6) is 0 Å². The van der Waals surface area contributed by atoms with E-state index >= 15 is 0 Å². The van der Waals surface area contributed by atoms with Crippen molar-refractivity contribution < 1.29 is 4.39 Å². The topological polar surface area (TPSA) is 28.0 Å². The third-order valence-corrected chi connectivity index (χ3v) is 1.78. The number of hydrogen-bond acceptors (Lipinski definition) is 3. The van der Waals surface area contributed by atoms with Gasteiger partial charge < -0.3 is 0 Å². The van der Waals surface area contributed by atoms with Crippen LogP contribution in [0, 0.1) is 5.92 Å². The van der Waals surface area contributed by atoms with Gasteiger partial charge in [0.05, 0.1) is 12.4 Å². The molecule has 0 bridgehead atoms. The fraction of sp³-hybridized carbons (Fsp3) is 0.429. The molecule has 0 fully saturated rings. The zero-order chi connectivity index (χ0) is 7.84. The van der Waals surface area contributed by atoms with Crippen LogP contribution in [0.15, 0.2) is 22.1 Å². The average molecular weight is 153 g/mol. The molecule has 0 spiro atoms. The average Bonchev–Trinajstić information content (AvgIpc) is 2.32. The highest BCUT2D eigenvalue weighted by Gasteiger charge is 2.27. The molecule has 3 nitrogen and oxygen atoms in total. The smallest absolute Gasteiger partial charge is 0.159 e. The summed E-state index contributed by atoms with van der Waals surface area (Å²) in [6.07, 6.45) is 4.36. The van der Waals surface area contributed by atoms with E-state index in [-0.39, 0.29) is 17.9 Å². The molecule has 2 heterocycles. The summed E-state index contributed by atoms with van der Waals surface area (Å²) in [5.74, 6) is -0.0666. The van der Waals surface area contributed by atoms with Gasteiger partial charge >= 0.3 is 0 Å². The highest BCUT2D eigenvalue weighted by molar-refractivity contribution is 5.77. The first-order valence-corrected chi connectivity index (χ1v) is 3.50. The van der Waals surface area contributed by atoms with Crippen LogP contribution in [0.25, 0.3) is 0 Å². The van der Waals surface area contributed by atoms with E-state index in [9.17, 15) is 4.39 Å². The van der Waals surface area contributed by atoms with Crippen molar-refractivity contribution in [2.24, 2.45) is 16.0 Å². The van der Waals surface area contributed by atoms with E-state index in [1.807, 2.05) is 6.92 Å². The van der Waals surface area contributed by atoms with Gasteiger partial charge in [0.1, 0.15) is 6.17 Å². The SMILES string of the molecule is CC1C=NN2C=C(F)C=NC12. The van der Waals surface area contributed by atoms with Crippen molar-refractivity contribution in [3.63, 3.8) is 0 Å². The molecule has 0 aromatic heterocycles. The molecule has 2 atom stereocenters. The van der Waals surface area contributed by atoms with Crippen LogP contribution in [0.2, 0.25) is 0 Å². The normalized spacial score (nSPS) is 34.0. The van der Waals surface area contributed by atoms with Crippen molar-refractivity contribution in [2.75, 3.05) is 0 Å². The van der Waals surface area contributed by atoms with Crippen LogP contribution in [-0.4, -0.2) is 23.6 Å². The highest BCUT2D eigenvalue weighted by atomic mass is 19.1. The van der Waals surface area contributed by atoms with Gasteiger partial charge in [0.25, 0.3) is 0 Å². The Labute approximate surface area is 63.9 Å². The number of rotatable bonds is 0. The summed E-state index contributed by atoms with van der Waals surface area (Å²) in [5.41, 5.74) is 0. The van der Waals surface area contributed by atoms with Crippen molar-refractivity contribution in [1.29, 1.82) is 0 Å². The molecule has 4 heteroatoms. The van der Waals surface area contributed by atoms with Crippen molar-refractivity contribution >= 4 is 12.4 Å². The monoisotopic (exact) mass is 153 g/mol. The first-order valence-electron chi connectivity index (χ1n) is 3.50. The minimum Gasteiger partial charge on any atom is -0.263 e. The molecule has 58 valence electrons. The van der Waals surface area contributed by atoms with E-state index in [0.717, 1.165) is 0 Å². The molecule has 2 rings (SSSR count). The molecular formula is C7H8FN3. The number of aliphatic imine (C=N–C) groups is 1. The van der Waals surface area contributed by atoms with Gasteiger partial charge in [0.2, 0.25) is 0 Å². The van der Waals surface area contributed by atoms with E-state index in [4.69, 9.17) is 0 Å². The first-order chi connectivity index (χ1) is 5.27. The quantitative estimate of drug-likeness (QED) is 0.513. The van der Waals surface area contributed by atoms with E-state index in [1.54, 1.807) is 11.2 Å². The lowest BCUT2D eigenvalue weighted by molar-refractivity contribution is 0.285. The Bertz CT molecular complexity index is 256.